The molecule has 1 aromatic carbocycles. The number of guanidine groups is 1. The maximum atomic E-state index is 11.4. The van der Waals surface area contributed by atoms with Crippen LogP contribution in [-0.2, 0) is 11.3 Å². The molecule has 0 aliphatic heterocycles. The number of carbonyl (C=O) groups is 1. The molecule has 1 aromatic rings. The summed E-state index contributed by atoms with van der Waals surface area (Å²) in [6, 6.07) is 7.34. The molecule has 0 spiro atoms. The number of carbonyl (C=O) groups excluding carboxylic acids is 1. The maximum Gasteiger partial charge on any atom is 0.337 e. The third-order valence-electron chi connectivity index (χ3n) is 3.39. The first-order valence-electron chi connectivity index (χ1n) is 7.42. The Bertz CT molecular complexity index is 499. The Labute approximate surface area is 148 Å². The van der Waals surface area contributed by atoms with E-state index in [0.717, 1.165) is 30.5 Å². The Hall–Kier alpha value is -1.31. The Morgan fingerprint density at radius 3 is 2.50 bits per heavy atom. The zero-order chi connectivity index (χ0) is 15.1. The van der Waals surface area contributed by atoms with E-state index < -0.39 is 0 Å². The molecule has 0 atom stereocenters. The summed E-state index contributed by atoms with van der Waals surface area (Å²) in [6.45, 7) is 4.48. The van der Waals surface area contributed by atoms with Crippen LogP contribution in [0.25, 0.3) is 0 Å². The minimum atomic E-state index is -0.315. The van der Waals surface area contributed by atoms with Gasteiger partial charge in [-0.15, -0.1) is 24.0 Å². The number of ether oxygens (including phenoxy) is 1. The highest BCUT2D eigenvalue weighted by Gasteiger charge is 2.20. The van der Waals surface area contributed by atoms with Crippen LogP contribution in [0, 0.1) is 5.92 Å². The Kier molecular flexibility index (Phi) is 8.22. The van der Waals surface area contributed by atoms with Crippen molar-refractivity contribution in [3.05, 3.63) is 35.4 Å². The lowest BCUT2D eigenvalue weighted by Crippen LogP contribution is -2.38. The van der Waals surface area contributed by atoms with Crippen LogP contribution < -0.4 is 10.6 Å². The molecule has 0 bridgehead atoms. The largest absolute Gasteiger partial charge is 0.465 e. The van der Waals surface area contributed by atoms with E-state index in [2.05, 4.69) is 27.3 Å². The van der Waals surface area contributed by atoms with Crippen molar-refractivity contribution >= 4 is 35.9 Å². The molecule has 1 aliphatic carbocycles. The summed E-state index contributed by atoms with van der Waals surface area (Å²) in [6.07, 6.45) is 2.64. The van der Waals surface area contributed by atoms with Crippen molar-refractivity contribution < 1.29 is 9.53 Å². The average molecular weight is 417 g/mol. The van der Waals surface area contributed by atoms with Gasteiger partial charge in [-0.3, -0.25) is 0 Å². The molecule has 1 fully saturated rings. The molecule has 1 aliphatic rings. The van der Waals surface area contributed by atoms with Gasteiger partial charge >= 0.3 is 5.97 Å². The van der Waals surface area contributed by atoms with Gasteiger partial charge in [-0.25, -0.2) is 9.79 Å². The Morgan fingerprint density at radius 2 is 1.95 bits per heavy atom. The van der Waals surface area contributed by atoms with E-state index in [-0.39, 0.29) is 29.9 Å². The fourth-order valence-electron chi connectivity index (χ4n) is 1.94. The van der Waals surface area contributed by atoms with Gasteiger partial charge in [0.15, 0.2) is 5.96 Å². The number of nitrogens with zero attached hydrogens (tertiary/aromatic N) is 1. The second kappa shape index (κ2) is 9.66. The Morgan fingerprint density at radius 1 is 1.27 bits per heavy atom. The van der Waals surface area contributed by atoms with Crippen LogP contribution in [0.2, 0.25) is 0 Å². The molecule has 122 valence electrons. The normalized spacial score (nSPS) is 14.0. The molecule has 0 saturated heterocycles. The van der Waals surface area contributed by atoms with E-state index in [9.17, 15) is 4.79 Å². The number of nitrogens with one attached hydrogen (secondary N) is 2. The first-order chi connectivity index (χ1) is 10.2. The Balaban J connectivity index is 0.00000242. The first-order valence-corrected chi connectivity index (χ1v) is 7.42. The van der Waals surface area contributed by atoms with Gasteiger partial charge in [-0.05, 0) is 43.4 Å². The number of esters is 1. The third-order valence-corrected chi connectivity index (χ3v) is 3.39. The summed E-state index contributed by atoms with van der Waals surface area (Å²) in [4.78, 5) is 15.9. The van der Waals surface area contributed by atoms with E-state index in [4.69, 9.17) is 0 Å². The van der Waals surface area contributed by atoms with Gasteiger partial charge in [0.05, 0.1) is 19.2 Å². The van der Waals surface area contributed by atoms with Gasteiger partial charge in [-0.1, -0.05) is 12.1 Å². The number of hydrogen-bond acceptors (Lipinski definition) is 3. The number of aliphatic imine (C=N–C) groups is 1. The standard InChI is InChI=1S/C16H23N3O2.HI/c1-3-17-16(18-10-12-4-5-12)19-11-13-6-8-14(9-7-13)15(20)21-2;/h6-9,12H,3-5,10-11H2,1-2H3,(H2,17,18,19);1H. The second-order valence-electron chi connectivity index (χ2n) is 5.21. The minimum absolute atomic E-state index is 0. The zero-order valence-electron chi connectivity index (χ0n) is 13.1. The highest BCUT2D eigenvalue weighted by molar-refractivity contribution is 14.0. The van der Waals surface area contributed by atoms with Crippen LogP contribution in [0.3, 0.4) is 0 Å². The van der Waals surface area contributed by atoms with Gasteiger partial charge in [0.25, 0.3) is 0 Å². The molecule has 2 rings (SSSR count). The van der Waals surface area contributed by atoms with Gasteiger partial charge in [-0.2, -0.15) is 0 Å². The van der Waals surface area contributed by atoms with Gasteiger partial charge in [0, 0.05) is 13.1 Å². The lowest BCUT2D eigenvalue weighted by atomic mass is 10.1. The van der Waals surface area contributed by atoms with E-state index in [1.807, 2.05) is 12.1 Å². The van der Waals surface area contributed by atoms with Gasteiger partial charge in [0.1, 0.15) is 0 Å². The van der Waals surface area contributed by atoms with Crippen molar-refractivity contribution in [2.24, 2.45) is 10.9 Å². The number of halogens is 1. The van der Waals surface area contributed by atoms with Crippen LogP contribution in [0.1, 0.15) is 35.7 Å². The van der Waals surface area contributed by atoms with Gasteiger partial charge < -0.3 is 15.4 Å². The van der Waals surface area contributed by atoms with E-state index >= 15 is 0 Å². The molecule has 6 heteroatoms. The molecule has 0 radical (unpaired) electrons. The monoisotopic (exact) mass is 417 g/mol. The highest BCUT2D eigenvalue weighted by atomic mass is 127. The van der Waals surface area contributed by atoms with Crippen LogP contribution in [0.4, 0.5) is 0 Å². The van der Waals surface area contributed by atoms with Crippen molar-refractivity contribution in [3.8, 4) is 0 Å². The molecular weight excluding hydrogens is 393 g/mol. The predicted molar refractivity (Wildman–Crippen MR) is 98.7 cm³/mol. The smallest absolute Gasteiger partial charge is 0.337 e. The summed E-state index contributed by atoms with van der Waals surface area (Å²) in [7, 11) is 1.38. The topological polar surface area (TPSA) is 62.7 Å². The van der Waals surface area contributed by atoms with E-state index in [0.29, 0.717) is 12.1 Å². The zero-order valence-corrected chi connectivity index (χ0v) is 15.4. The van der Waals surface area contributed by atoms with Crippen molar-refractivity contribution in [2.45, 2.75) is 26.3 Å². The van der Waals surface area contributed by atoms with Crippen LogP contribution in [0.15, 0.2) is 29.3 Å². The number of methoxy groups -OCH3 is 1. The summed E-state index contributed by atoms with van der Waals surface area (Å²) in [5.74, 6) is 1.35. The number of benzene rings is 1. The first kappa shape index (κ1) is 18.7. The summed E-state index contributed by atoms with van der Waals surface area (Å²) >= 11 is 0. The van der Waals surface area contributed by atoms with Crippen molar-refractivity contribution in [1.29, 1.82) is 0 Å². The number of hydrogen-bond donors (Lipinski definition) is 2. The molecule has 2 N–H and O–H groups in total. The average Bonchev–Trinajstić information content (AvgIpc) is 3.34. The van der Waals surface area contributed by atoms with Crippen molar-refractivity contribution in [2.75, 3.05) is 20.2 Å². The molecule has 1 saturated carbocycles. The summed E-state index contributed by atoms with van der Waals surface area (Å²) < 4.78 is 4.68. The molecule has 22 heavy (non-hydrogen) atoms. The van der Waals surface area contributed by atoms with Crippen molar-refractivity contribution in [3.63, 3.8) is 0 Å². The highest BCUT2D eigenvalue weighted by Crippen LogP contribution is 2.27. The quantitative estimate of drug-likeness (QED) is 0.323. The lowest BCUT2D eigenvalue weighted by molar-refractivity contribution is 0.0600. The van der Waals surface area contributed by atoms with Crippen LogP contribution >= 0.6 is 24.0 Å². The fourth-order valence-corrected chi connectivity index (χ4v) is 1.94. The molecule has 0 heterocycles. The molecule has 0 unspecified atom stereocenters. The molecular formula is C16H24IN3O2. The minimum Gasteiger partial charge on any atom is -0.465 e. The van der Waals surface area contributed by atoms with E-state index in [1.54, 1.807) is 12.1 Å². The molecule has 5 nitrogen and oxygen atoms in total. The fraction of sp³-hybridized carbons (Fsp3) is 0.500. The summed E-state index contributed by atoms with van der Waals surface area (Å²) in [5.41, 5.74) is 1.62. The lowest BCUT2D eigenvalue weighted by Gasteiger charge is -2.10. The summed E-state index contributed by atoms with van der Waals surface area (Å²) in [5, 5.41) is 6.60. The third kappa shape index (κ3) is 6.21. The number of rotatable bonds is 6. The molecule has 0 amide bonds. The molecule has 0 aromatic heterocycles. The van der Waals surface area contributed by atoms with Crippen LogP contribution in [0.5, 0.6) is 0 Å². The second-order valence-corrected chi connectivity index (χ2v) is 5.21. The van der Waals surface area contributed by atoms with Crippen LogP contribution in [-0.4, -0.2) is 32.1 Å². The van der Waals surface area contributed by atoms with E-state index in [1.165, 1.54) is 20.0 Å². The maximum absolute atomic E-state index is 11.4. The SMILES string of the molecule is CCNC(=NCc1ccc(C(=O)OC)cc1)NCC1CC1.I. The predicted octanol–water partition coefficient (Wildman–Crippen LogP) is 2.56. The van der Waals surface area contributed by atoms with Crippen molar-refractivity contribution in [1.82, 2.24) is 10.6 Å². The van der Waals surface area contributed by atoms with Gasteiger partial charge in [0.2, 0.25) is 0 Å².